The summed E-state index contributed by atoms with van der Waals surface area (Å²) in [5, 5.41) is 0. The first-order valence-electron chi connectivity index (χ1n) is 6.69. The third-order valence-electron chi connectivity index (χ3n) is 3.22. The quantitative estimate of drug-likeness (QED) is 0.796. The number of sulfonamides is 1. The molecule has 0 aliphatic heterocycles. The highest BCUT2D eigenvalue weighted by Crippen LogP contribution is 2.27. The van der Waals surface area contributed by atoms with Crippen LogP contribution < -0.4 is 4.74 Å². The second kappa shape index (κ2) is 6.91. The highest BCUT2D eigenvalue weighted by molar-refractivity contribution is 7.89. The van der Waals surface area contributed by atoms with Crippen molar-refractivity contribution < 1.29 is 17.9 Å². The molecular formula is C14H22N2O4S. The van der Waals surface area contributed by atoms with E-state index >= 15 is 0 Å². The molecule has 1 rings (SSSR count). The summed E-state index contributed by atoms with van der Waals surface area (Å²) < 4.78 is 30.8. The van der Waals surface area contributed by atoms with E-state index in [1.54, 1.807) is 11.0 Å². The maximum absolute atomic E-state index is 12.3. The Balaban J connectivity index is 3.39. The molecule has 0 fully saturated rings. The summed E-state index contributed by atoms with van der Waals surface area (Å²) in [6.45, 7) is 4.89. The molecule has 0 aliphatic carbocycles. The van der Waals surface area contributed by atoms with Gasteiger partial charge in [0, 0.05) is 32.7 Å². The summed E-state index contributed by atoms with van der Waals surface area (Å²) in [6.07, 6.45) is 0. The highest BCUT2D eigenvalue weighted by Gasteiger charge is 2.24. The molecule has 1 aromatic carbocycles. The topological polar surface area (TPSA) is 66.9 Å². The van der Waals surface area contributed by atoms with Gasteiger partial charge in [-0.1, -0.05) is 0 Å². The number of nitrogens with zero attached hydrogens (tertiary/aromatic N) is 2. The molecule has 0 saturated carbocycles. The van der Waals surface area contributed by atoms with Crippen LogP contribution in [0.15, 0.2) is 23.1 Å². The summed E-state index contributed by atoms with van der Waals surface area (Å²) in [4.78, 5) is 14.0. The van der Waals surface area contributed by atoms with E-state index in [0.29, 0.717) is 18.7 Å². The molecule has 0 spiro atoms. The molecule has 0 saturated heterocycles. The molecule has 0 bridgehead atoms. The van der Waals surface area contributed by atoms with Gasteiger partial charge in [-0.05, 0) is 32.0 Å². The zero-order valence-electron chi connectivity index (χ0n) is 13.1. The largest absolute Gasteiger partial charge is 0.495 e. The molecule has 0 atom stereocenters. The van der Waals surface area contributed by atoms with Crippen molar-refractivity contribution in [3.8, 4) is 5.75 Å². The fourth-order valence-corrected chi connectivity index (χ4v) is 2.98. The van der Waals surface area contributed by atoms with E-state index in [9.17, 15) is 13.2 Å². The molecule has 7 heteroatoms. The zero-order valence-corrected chi connectivity index (χ0v) is 13.9. The summed E-state index contributed by atoms with van der Waals surface area (Å²) in [5.74, 6) is 0.0256. The first-order chi connectivity index (χ1) is 9.79. The van der Waals surface area contributed by atoms with Gasteiger partial charge in [0.05, 0.1) is 7.11 Å². The molecule has 118 valence electrons. The molecule has 1 amide bonds. The minimum absolute atomic E-state index is 0.00648. The molecule has 0 aliphatic rings. The summed E-state index contributed by atoms with van der Waals surface area (Å²) in [5.41, 5.74) is 0.333. The number of carbonyl (C=O) groups excluding carboxylic acids is 1. The Morgan fingerprint density at radius 3 is 2.19 bits per heavy atom. The lowest BCUT2D eigenvalue weighted by Gasteiger charge is -2.20. The fraction of sp³-hybridized carbons (Fsp3) is 0.500. The molecule has 21 heavy (non-hydrogen) atoms. The maximum atomic E-state index is 12.3. The van der Waals surface area contributed by atoms with Gasteiger partial charge < -0.3 is 9.64 Å². The lowest BCUT2D eigenvalue weighted by Crippen LogP contribution is -2.31. The van der Waals surface area contributed by atoms with Crippen molar-refractivity contribution in [1.29, 1.82) is 0 Å². The van der Waals surface area contributed by atoms with Gasteiger partial charge in [-0.15, -0.1) is 0 Å². The van der Waals surface area contributed by atoms with E-state index in [0.717, 1.165) is 4.31 Å². The van der Waals surface area contributed by atoms with Crippen LogP contribution in [0, 0.1) is 0 Å². The average Bonchev–Trinajstić information content (AvgIpc) is 2.47. The van der Waals surface area contributed by atoms with Gasteiger partial charge >= 0.3 is 0 Å². The SMILES string of the molecule is CCN(CC)C(=O)c1ccc(OC)c(S(=O)(=O)N(C)C)c1. The van der Waals surface area contributed by atoms with Gasteiger partial charge in [0.1, 0.15) is 10.6 Å². The second-order valence-corrected chi connectivity index (χ2v) is 6.75. The molecule has 0 aromatic heterocycles. The Kier molecular flexibility index (Phi) is 5.74. The summed E-state index contributed by atoms with van der Waals surface area (Å²) in [6, 6.07) is 4.45. The maximum Gasteiger partial charge on any atom is 0.253 e. The van der Waals surface area contributed by atoms with E-state index < -0.39 is 10.0 Å². The van der Waals surface area contributed by atoms with E-state index in [2.05, 4.69) is 0 Å². The van der Waals surface area contributed by atoms with Crippen LogP contribution in [-0.4, -0.2) is 57.8 Å². The number of carbonyl (C=O) groups is 1. The Hall–Kier alpha value is -1.60. The van der Waals surface area contributed by atoms with Gasteiger partial charge in [-0.25, -0.2) is 12.7 Å². The van der Waals surface area contributed by atoms with Gasteiger partial charge in [-0.2, -0.15) is 0 Å². The Labute approximate surface area is 126 Å². The van der Waals surface area contributed by atoms with Gasteiger partial charge in [-0.3, -0.25) is 4.79 Å². The molecule has 0 heterocycles. The van der Waals surface area contributed by atoms with Crippen molar-refractivity contribution in [3.63, 3.8) is 0 Å². The van der Waals surface area contributed by atoms with E-state index in [1.165, 1.54) is 33.3 Å². The molecule has 0 unspecified atom stereocenters. The van der Waals surface area contributed by atoms with Crippen LogP contribution in [0.2, 0.25) is 0 Å². The predicted octanol–water partition coefficient (Wildman–Crippen LogP) is 1.43. The van der Waals surface area contributed by atoms with Crippen molar-refractivity contribution in [1.82, 2.24) is 9.21 Å². The minimum Gasteiger partial charge on any atom is -0.495 e. The van der Waals surface area contributed by atoms with Gasteiger partial charge in [0.2, 0.25) is 10.0 Å². The molecule has 1 aromatic rings. The smallest absolute Gasteiger partial charge is 0.253 e. The van der Waals surface area contributed by atoms with Crippen molar-refractivity contribution in [3.05, 3.63) is 23.8 Å². The second-order valence-electron chi connectivity index (χ2n) is 4.63. The first-order valence-corrected chi connectivity index (χ1v) is 8.13. The standard InChI is InChI=1S/C14H22N2O4S/c1-6-16(7-2)14(17)11-8-9-12(20-5)13(10-11)21(18,19)15(3)4/h8-10H,6-7H2,1-5H3. The highest BCUT2D eigenvalue weighted by atomic mass is 32.2. The number of hydrogen-bond acceptors (Lipinski definition) is 4. The van der Waals surface area contributed by atoms with E-state index in [1.807, 2.05) is 13.8 Å². The van der Waals surface area contributed by atoms with Crippen LogP contribution in [0.5, 0.6) is 5.75 Å². The average molecular weight is 314 g/mol. The van der Waals surface area contributed by atoms with Crippen LogP contribution in [-0.2, 0) is 10.0 Å². The molecule has 0 N–H and O–H groups in total. The number of benzene rings is 1. The zero-order chi connectivity index (χ0) is 16.2. The van der Waals surface area contributed by atoms with E-state index in [4.69, 9.17) is 4.74 Å². The molecule has 6 nitrogen and oxygen atoms in total. The third kappa shape index (κ3) is 3.54. The lowest BCUT2D eigenvalue weighted by atomic mass is 10.2. The van der Waals surface area contributed by atoms with Gasteiger partial charge in [0.25, 0.3) is 5.91 Å². The Morgan fingerprint density at radius 1 is 1.19 bits per heavy atom. The molecular weight excluding hydrogens is 292 g/mol. The van der Waals surface area contributed by atoms with Crippen molar-refractivity contribution in [2.75, 3.05) is 34.3 Å². The predicted molar refractivity (Wildman–Crippen MR) is 81.1 cm³/mol. The number of amides is 1. The monoisotopic (exact) mass is 314 g/mol. The van der Waals surface area contributed by atoms with Crippen LogP contribution >= 0.6 is 0 Å². The number of methoxy groups -OCH3 is 1. The van der Waals surface area contributed by atoms with Gasteiger partial charge in [0.15, 0.2) is 0 Å². The first kappa shape index (κ1) is 17.5. The van der Waals surface area contributed by atoms with Crippen LogP contribution in [0.25, 0.3) is 0 Å². The fourth-order valence-electron chi connectivity index (χ4n) is 1.90. The lowest BCUT2D eigenvalue weighted by molar-refractivity contribution is 0.0772. The van der Waals surface area contributed by atoms with Crippen molar-refractivity contribution in [2.45, 2.75) is 18.7 Å². The van der Waals surface area contributed by atoms with Crippen molar-refractivity contribution in [2.24, 2.45) is 0 Å². The summed E-state index contributed by atoms with van der Waals surface area (Å²) in [7, 11) is 0.598. The Bertz CT molecular complexity index is 607. The Morgan fingerprint density at radius 2 is 1.76 bits per heavy atom. The van der Waals surface area contributed by atoms with Crippen LogP contribution in [0.1, 0.15) is 24.2 Å². The normalized spacial score (nSPS) is 11.5. The van der Waals surface area contributed by atoms with E-state index in [-0.39, 0.29) is 16.6 Å². The molecule has 0 radical (unpaired) electrons. The van der Waals surface area contributed by atoms with Crippen molar-refractivity contribution >= 4 is 15.9 Å². The summed E-state index contributed by atoms with van der Waals surface area (Å²) >= 11 is 0. The number of rotatable bonds is 6. The van der Waals surface area contributed by atoms with Crippen LogP contribution in [0.3, 0.4) is 0 Å². The number of hydrogen-bond donors (Lipinski definition) is 0. The number of ether oxygens (including phenoxy) is 1. The third-order valence-corrected chi connectivity index (χ3v) is 5.06. The van der Waals surface area contributed by atoms with Crippen LogP contribution in [0.4, 0.5) is 0 Å². The minimum atomic E-state index is -3.68.